The van der Waals surface area contributed by atoms with Crippen LogP contribution in [0.2, 0.25) is 0 Å². The van der Waals surface area contributed by atoms with Gasteiger partial charge in [0, 0.05) is 16.2 Å². The number of benzene rings is 2. The van der Waals surface area contributed by atoms with Gasteiger partial charge in [0.1, 0.15) is 5.82 Å². The van der Waals surface area contributed by atoms with Crippen molar-refractivity contribution >= 4 is 11.8 Å². The average Bonchev–Trinajstić information content (AvgIpc) is 2.40. The van der Waals surface area contributed by atoms with E-state index in [9.17, 15) is 9.50 Å². The first-order valence-corrected chi connectivity index (χ1v) is 7.19. The molecule has 0 heterocycles. The summed E-state index contributed by atoms with van der Waals surface area (Å²) < 4.78 is 13.7. The third-order valence-corrected chi connectivity index (χ3v) is 4.25. The lowest BCUT2D eigenvalue weighted by Crippen LogP contribution is -2.04. The lowest BCUT2D eigenvalue weighted by molar-refractivity contribution is 0.199. The van der Waals surface area contributed by atoms with Gasteiger partial charge in [-0.1, -0.05) is 35.9 Å². The number of aliphatic hydroxyl groups excluding tert-OH is 1. The van der Waals surface area contributed by atoms with Gasteiger partial charge in [0.15, 0.2) is 0 Å². The van der Waals surface area contributed by atoms with Crippen LogP contribution in [-0.4, -0.2) is 10.9 Å². The summed E-state index contributed by atoms with van der Waals surface area (Å²) in [5.74, 6) is 0.106. The minimum absolute atomic E-state index is 0.344. The fraction of sp³-hybridized carbons (Fsp3) is 0.250. The van der Waals surface area contributed by atoms with Crippen molar-refractivity contribution in [2.45, 2.75) is 24.8 Å². The van der Waals surface area contributed by atoms with Gasteiger partial charge in [0.2, 0.25) is 0 Å². The highest BCUT2D eigenvalue weighted by Crippen LogP contribution is 2.28. The Bertz CT molecular complexity index is 568. The second-order valence-corrected chi connectivity index (χ2v) is 5.68. The average molecular weight is 276 g/mol. The van der Waals surface area contributed by atoms with Crippen molar-refractivity contribution in [1.82, 2.24) is 0 Å². The normalized spacial score (nSPS) is 12.4. The molecule has 0 saturated carbocycles. The first-order chi connectivity index (χ1) is 9.08. The number of hydrogen-bond donors (Lipinski definition) is 1. The summed E-state index contributed by atoms with van der Waals surface area (Å²) in [6.07, 6.45) is -0.787. The van der Waals surface area contributed by atoms with E-state index in [1.54, 1.807) is 23.9 Å². The largest absolute Gasteiger partial charge is 0.387 e. The van der Waals surface area contributed by atoms with Gasteiger partial charge < -0.3 is 5.11 Å². The van der Waals surface area contributed by atoms with Crippen LogP contribution < -0.4 is 0 Å². The molecule has 0 saturated heterocycles. The summed E-state index contributed by atoms with van der Waals surface area (Å²) in [7, 11) is 0. The van der Waals surface area contributed by atoms with Crippen LogP contribution in [-0.2, 0) is 0 Å². The van der Waals surface area contributed by atoms with E-state index in [0.29, 0.717) is 11.3 Å². The summed E-state index contributed by atoms with van der Waals surface area (Å²) in [6, 6.07) is 12.8. The molecule has 100 valence electrons. The summed E-state index contributed by atoms with van der Waals surface area (Å²) in [5, 5.41) is 10.1. The maximum atomic E-state index is 13.7. The first-order valence-electron chi connectivity index (χ1n) is 6.20. The maximum absolute atomic E-state index is 13.7. The van der Waals surface area contributed by atoms with E-state index in [1.807, 2.05) is 38.1 Å². The number of thioether (sulfide) groups is 1. The van der Waals surface area contributed by atoms with Crippen molar-refractivity contribution in [3.63, 3.8) is 0 Å². The van der Waals surface area contributed by atoms with E-state index >= 15 is 0 Å². The highest BCUT2D eigenvalue weighted by Gasteiger charge is 2.13. The van der Waals surface area contributed by atoms with Crippen molar-refractivity contribution in [3.8, 4) is 0 Å². The molecule has 0 aromatic heterocycles. The number of aryl methyl sites for hydroxylation is 2. The summed E-state index contributed by atoms with van der Waals surface area (Å²) in [5.41, 5.74) is 2.50. The molecule has 0 aliphatic carbocycles. The van der Waals surface area contributed by atoms with Crippen LogP contribution in [0.25, 0.3) is 0 Å². The van der Waals surface area contributed by atoms with Crippen molar-refractivity contribution in [2.75, 3.05) is 5.75 Å². The van der Waals surface area contributed by atoms with Crippen LogP contribution in [0.5, 0.6) is 0 Å². The van der Waals surface area contributed by atoms with Crippen LogP contribution in [0.1, 0.15) is 22.8 Å². The molecular weight excluding hydrogens is 259 g/mol. The summed E-state index contributed by atoms with van der Waals surface area (Å²) in [6.45, 7) is 3.92. The van der Waals surface area contributed by atoms with Crippen molar-refractivity contribution < 1.29 is 9.50 Å². The predicted octanol–water partition coefficient (Wildman–Crippen LogP) is 4.27. The van der Waals surface area contributed by atoms with E-state index in [0.717, 1.165) is 10.5 Å². The molecule has 0 radical (unpaired) electrons. The van der Waals surface area contributed by atoms with Crippen LogP contribution in [0.4, 0.5) is 4.39 Å². The third-order valence-electron chi connectivity index (χ3n) is 3.00. The van der Waals surface area contributed by atoms with Gasteiger partial charge >= 0.3 is 0 Å². The molecule has 19 heavy (non-hydrogen) atoms. The molecule has 0 spiro atoms. The number of hydrogen-bond acceptors (Lipinski definition) is 2. The van der Waals surface area contributed by atoms with Gasteiger partial charge in [0.25, 0.3) is 0 Å². The zero-order valence-electron chi connectivity index (χ0n) is 11.1. The molecule has 1 atom stereocenters. The third kappa shape index (κ3) is 3.58. The monoisotopic (exact) mass is 276 g/mol. The van der Waals surface area contributed by atoms with Gasteiger partial charge in [-0.15, -0.1) is 11.8 Å². The minimum atomic E-state index is -0.787. The minimum Gasteiger partial charge on any atom is -0.387 e. The van der Waals surface area contributed by atoms with Crippen molar-refractivity contribution in [3.05, 3.63) is 65.0 Å². The zero-order chi connectivity index (χ0) is 13.8. The molecule has 3 heteroatoms. The number of rotatable bonds is 4. The molecule has 1 N–H and O–H groups in total. The smallest absolute Gasteiger partial charge is 0.129 e. The molecule has 2 rings (SSSR count). The molecule has 0 bridgehead atoms. The van der Waals surface area contributed by atoms with E-state index in [2.05, 4.69) is 0 Å². The van der Waals surface area contributed by atoms with Crippen molar-refractivity contribution in [1.29, 1.82) is 0 Å². The lowest BCUT2D eigenvalue weighted by Gasteiger charge is -2.13. The summed E-state index contributed by atoms with van der Waals surface area (Å²) >= 11 is 1.55. The fourth-order valence-corrected chi connectivity index (χ4v) is 2.88. The molecule has 1 nitrogen and oxygen atoms in total. The molecule has 2 aromatic rings. The van der Waals surface area contributed by atoms with E-state index < -0.39 is 6.10 Å². The highest BCUT2D eigenvalue weighted by molar-refractivity contribution is 7.99. The van der Waals surface area contributed by atoms with Crippen LogP contribution in [0.15, 0.2) is 47.4 Å². The van der Waals surface area contributed by atoms with Gasteiger partial charge in [-0.25, -0.2) is 4.39 Å². The number of halogens is 1. The van der Waals surface area contributed by atoms with E-state index in [1.165, 1.54) is 11.6 Å². The Morgan fingerprint density at radius 1 is 1.16 bits per heavy atom. The Hall–Kier alpha value is -1.32. The second kappa shape index (κ2) is 6.22. The molecule has 0 aliphatic heterocycles. The Balaban J connectivity index is 2.07. The molecule has 1 unspecified atom stereocenters. The Kier molecular flexibility index (Phi) is 4.61. The molecular formula is C16H17FOS. The van der Waals surface area contributed by atoms with Gasteiger partial charge in [-0.3, -0.25) is 0 Å². The quantitative estimate of drug-likeness (QED) is 0.842. The maximum Gasteiger partial charge on any atom is 0.129 e. The van der Waals surface area contributed by atoms with Crippen molar-refractivity contribution in [2.24, 2.45) is 0 Å². The zero-order valence-corrected chi connectivity index (χ0v) is 11.9. The Morgan fingerprint density at radius 3 is 2.63 bits per heavy atom. The molecule has 2 aromatic carbocycles. The summed E-state index contributed by atoms with van der Waals surface area (Å²) in [4.78, 5) is 1.12. The lowest BCUT2D eigenvalue weighted by atomic mass is 10.1. The highest BCUT2D eigenvalue weighted by atomic mass is 32.2. The predicted molar refractivity (Wildman–Crippen MR) is 78.0 cm³/mol. The molecule has 0 amide bonds. The number of aliphatic hydroxyl groups is 1. The standard InChI is InChI=1S/C16H17FOS/c1-11-7-8-14(17)13(9-11)15(18)10-19-16-6-4-3-5-12(16)2/h3-9,15,18H,10H2,1-2H3. The molecule has 0 aliphatic rings. The second-order valence-electron chi connectivity index (χ2n) is 4.62. The van der Waals surface area contributed by atoms with E-state index in [4.69, 9.17) is 0 Å². The first kappa shape index (κ1) is 14.1. The Labute approximate surface area is 117 Å². The van der Waals surface area contributed by atoms with Gasteiger partial charge in [-0.2, -0.15) is 0 Å². The van der Waals surface area contributed by atoms with Gasteiger partial charge in [-0.05, 0) is 31.5 Å². The molecule has 0 fully saturated rings. The van der Waals surface area contributed by atoms with Crippen LogP contribution in [0, 0.1) is 19.7 Å². The fourth-order valence-electron chi connectivity index (χ4n) is 1.90. The van der Waals surface area contributed by atoms with E-state index in [-0.39, 0.29) is 5.82 Å². The Morgan fingerprint density at radius 2 is 1.89 bits per heavy atom. The topological polar surface area (TPSA) is 20.2 Å². The van der Waals surface area contributed by atoms with Crippen LogP contribution in [0.3, 0.4) is 0 Å². The van der Waals surface area contributed by atoms with Gasteiger partial charge in [0.05, 0.1) is 6.10 Å². The van der Waals surface area contributed by atoms with Crippen LogP contribution >= 0.6 is 11.8 Å². The SMILES string of the molecule is Cc1ccc(F)c(C(O)CSc2ccccc2C)c1.